The van der Waals surface area contributed by atoms with Crippen molar-refractivity contribution in [3.05, 3.63) is 64.7 Å². The van der Waals surface area contributed by atoms with Gasteiger partial charge in [-0.25, -0.2) is 0 Å². The topological polar surface area (TPSA) is 85.3 Å². The summed E-state index contributed by atoms with van der Waals surface area (Å²) in [6.45, 7) is 6.94. The summed E-state index contributed by atoms with van der Waals surface area (Å²) >= 11 is 0. The molecule has 34 heavy (non-hydrogen) atoms. The van der Waals surface area contributed by atoms with Crippen molar-refractivity contribution in [2.24, 2.45) is 0 Å². The fourth-order valence-corrected chi connectivity index (χ4v) is 4.13. The zero-order chi connectivity index (χ0) is 25.0. The summed E-state index contributed by atoms with van der Waals surface area (Å²) in [6, 6.07) is 11.9. The molecule has 0 aromatic heterocycles. The van der Waals surface area contributed by atoms with Gasteiger partial charge in [0.15, 0.2) is 0 Å². The van der Waals surface area contributed by atoms with Crippen LogP contribution in [-0.2, 0) is 19.7 Å². The molecule has 1 fully saturated rings. The Morgan fingerprint density at radius 1 is 1.00 bits per heavy atom. The van der Waals surface area contributed by atoms with Gasteiger partial charge in [-0.15, -0.1) is 0 Å². The second kappa shape index (κ2) is 10.3. The summed E-state index contributed by atoms with van der Waals surface area (Å²) in [5.41, 5.74) is 1.89. The molecular weight excluding hydrogens is 434 g/mol. The number of amides is 1. The SMILES string of the molecule is COCCCN1C(=O)C(=O)/C(=C(/O)c2cc(C(C)(C)C)ccc2OC)C1c1ccc(OC)cc1. The lowest BCUT2D eigenvalue weighted by molar-refractivity contribution is -0.140. The lowest BCUT2D eigenvalue weighted by Gasteiger charge is -2.26. The number of hydrogen-bond acceptors (Lipinski definition) is 6. The van der Waals surface area contributed by atoms with Crippen molar-refractivity contribution in [2.75, 3.05) is 34.5 Å². The van der Waals surface area contributed by atoms with Gasteiger partial charge in [0.05, 0.1) is 31.4 Å². The Hall–Kier alpha value is -3.32. The van der Waals surface area contributed by atoms with Crippen molar-refractivity contribution >= 4 is 17.4 Å². The quantitative estimate of drug-likeness (QED) is 0.267. The molecule has 1 N–H and O–H groups in total. The predicted octanol–water partition coefficient (Wildman–Crippen LogP) is 4.46. The van der Waals surface area contributed by atoms with Gasteiger partial charge in [-0.3, -0.25) is 9.59 Å². The minimum atomic E-state index is -0.745. The van der Waals surface area contributed by atoms with E-state index in [1.807, 2.05) is 12.1 Å². The molecular formula is C27H33NO6. The molecule has 0 saturated carbocycles. The highest BCUT2D eigenvalue weighted by Gasteiger charge is 2.46. The third kappa shape index (κ3) is 4.94. The molecule has 1 unspecified atom stereocenters. The van der Waals surface area contributed by atoms with Crippen molar-refractivity contribution < 1.29 is 28.9 Å². The summed E-state index contributed by atoms with van der Waals surface area (Å²) in [5, 5.41) is 11.5. The van der Waals surface area contributed by atoms with E-state index in [9.17, 15) is 14.7 Å². The molecule has 2 aromatic carbocycles. The van der Waals surface area contributed by atoms with Crippen LogP contribution in [0.25, 0.3) is 5.76 Å². The van der Waals surface area contributed by atoms with Gasteiger partial charge in [0.1, 0.15) is 17.3 Å². The van der Waals surface area contributed by atoms with Gasteiger partial charge in [-0.05, 0) is 47.2 Å². The Kier molecular flexibility index (Phi) is 7.67. The standard InChI is InChI=1S/C27H33NO6/c1-27(2,3)18-10-13-21(34-6)20(16-18)24(29)22-23(17-8-11-19(33-5)12-9-17)28(14-7-15-32-4)26(31)25(22)30/h8-13,16,23,29H,7,14-15H2,1-6H3/b24-22+. The molecule has 0 bridgehead atoms. The smallest absolute Gasteiger partial charge is 0.295 e. The molecule has 182 valence electrons. The Morgan fingerprint density at radius 3 is 2.24 bits per heavy atom. The molecule has 1 amide bonds. The summed E-state index contributed by atoms with van der Waals surface area (Å²) in [5.74, 6) is -0.552. The molecule has 0 radical (unpaired) electrons. The van der Waals surface area contributed by atoms with E-state index in [1.54, 1.807) is 44.6 Å². The first kappa shape index (κ1) is 25.3. The fourth-order valence-electron chi connectivity index (χ4n) is 4.13. The van der Waals surface area contributed by atoms with Crippen LogP contribution in [0.4, 0.5) is 0 Å². The summed E-state index contributed by atoms with van der Waals surface area (Å²) in [4.78, 5) is 27.8. The molecule has 1 atom stereocenters. The zero-order valence-electron chi connectivity index (χ0n) is 20.7. The third-order valence-electron chi connectivity index (χ3n) is 6.04. The molecule has 0 spiro atoms. The van der Waals surface area contributed by atoms with Gasteiger partial charge < -0.3 is 24.2 Å². The molecule has 0 aliphatic carbocycles. The number of ether oxygens (including phenoxy) is 3. The first-order valence-electron chi connectivity index (χ1n) is 11.2. The van der Waals surface area contributed by atoms with Crippen molar-refractivity contribution in [1.29, 1.82) is 0 Å². The van der Waals surface area contributed by atoms with Gasteiger partial charge in [0.25, 0.3) is 11.7 Å². The van der Waals surface area contributed by atoms with Crippen LogP contribution in [0, 0.1) is 0 Å². The number of hydrogen-bond donors (Lipinski definition) is 1. The monoisotopic (exact) mass is 467 g/mol. The van der Waals surface area contributed by atoms with E-state index in [1.165, 1.54) is 12.0 Å². The van der Waals surface area contributed by atoms with E-state index in [0.29, 0.717) is 42.2 Å². The fraction of sp³-hybridized carbons (Fsp3) is 0.407. The number of likely N-dealkylation sites (tertiary alicyclic amines) is 1. The number of aliphatic hydroxyl groups excluding tert-OH is 1. The minimum Gasteiger partial charge on any atom is -0.507 e. The number of nitrogens with zero attached hydrogens (tertiary/aromatic N) is 1. The molecule has 2 aromatic rings. The van der Waals surface area contributed by atoms with Crippen LogP contribution in [0.5, 0.6) is 11.5 Å². The van der Waals surface area contributed by atoms with Gasteiger partial charge in [0.2, 0.25) is 0 Å². The van der Waals surface area contributed by atoms with Gasteiger partial charge in [0, 0.05) is 20.3 Å². The van der Waals surface area contributed by atoms with E-state index in [4.69, 9.17) is 14.2 Å². The van der Waals surface area contributed by atoms with Crippen molar-refractivity contribution in [3.63, 3.8) is 0 Å². The van der Waals surface area contributed by atoms with Crippen molar-refractivity contribution in [2.45, 2.75) is 38.6 Å². The van der Waals surface area contributed by atoms with E-state index in [0.717, 1.165) is 5.56 Å². The maximum absolute atomic E-state index is 13.2. The van der Waals surface area contributed by atoms with Crippen LogP contribution < -0.4 is 9.47 Å². The van der Waals surface area contributed by atoms with E-state index in [2.05, 4.69) is 20.8 Å². The average Bonchev–Trinajstić information content (AvgIpc) is 3.07. The number of aliphatic hydroxyl groups is 1. The van der Waals surface area contributed by atoms with E-state index < -0.39 is 17.7 Å². The largest absolute Gasteiger partial charge is 0.507 e. The van der Waals surface area contributed by atoms with Crippen LogP contribution >= 0.6 is 0 Å². The molecule has 1 aliphatic heterocycles. The summed E-state index contributed by atoms with van der Waals surface area (Å²) < 4.78 is 15.9. The normalized spacial score (nSPS) is 17.8. The number of carbonyl (C=O) groups is 2. The first-order chi connectivity index (χ1) is 16.1. The Bertz CT molecular complexity index is 1080. The lowest BCUT2D eigenvalue weighted by atomic mass is 9.85. The van der Waals surface area contributed by atoms with E-state index in [-0.39, 0.29) is 16.7 Å². The Balaban J connectivity index is 2.21. The highest BCUT2D eigenvalue weighted by molar-refractivity contribution is 6.46. The third-order valence-corrected chi connectivity index (χ3v) is 6.04. The maximum atomic E-state index is 13.2. The van der Waals surface area contributed by atoms with Crippen molar-refractivity contribution in [3.8, 4) is 11.5 Å². The number of methoxy groups -OCH3 is 3. The lowest BCUT2D eigenvalue weighted by Crippen LogP contribution is -2.31. The number of rotatable bonds is 8. The number of Topliss-reactive ketones (excluding diaryl/α,β-unsaturated/α-hetero) is 1. The molecule has 7 heteroatoms. The molecule has 1 heterocycles. The van der Waals surface area contributed by atoms with Gasteiger partial charge >= 0.3 is 0 Å². The highest BCUT2D eigenvalue weighted by atomic mass is 16.5. The number of carbonyl (C=O) groups excluding carboxylic acids is 2. The summed E-state index contributed by atoms with van der Waals surface area (Å²) in [6.07, 6.45) is 0.555. The second-order valence-electron chi connectivity index (χ2n) is 9.28. The first-order valence-corrected chi connectivity index (χ1v) is 11.2. The predicted molar refractivity (Wildman–Crippen MR) is 130 cm³/mol. The minimum absolute atomic E-state index is 0.0388. The Labute approximate surface area is 200 Å². The Morgan fingerprint density at radius 2 is 1.68 bits per heavy atom. The average molecular weight is 468 g/mol. The van der Waals surface area contributed by atoms with Gasteiger partial charge in [-0.1, -0.05) is 39.0 Å². The van der Waals surface area contributed by atoms with Crippen LogP contribution in [0.2, 0.25) is 0 Å². The molecule has 3 rings (SSSR count). The highest BCUT2D eigenvalue weighted by Crippen LogP contribution is 2.42. The van der Waals surface area contributed by atoms with E-state index >= 15 is 0 Å². The summed E-state index contributed by atoms with van der Waals surface area (Å²) in [7, 11) is 4.66. The van der Waals surface area contributed by atoms with Crippen LogP contribution in [0.15, 0.2) is 48.0 Å². The van der Waals surface area contributed by atoms with Crippen molar-refractivity contribution in [1.82, 2.24) is 4.90 Å². The number of benzene rings is 2. The van der Waals surface area contributed by atoms with Crippen LogP contribution in [0.3, 0.4) is 0 Å². The van der Waals surface area contributed by atoms with Crippen LogP contribution in [-0.4, -0.2) is 56.2 Å². The second-order valence-corrected chi connectivity index (χ2v) is 9.28. The van der Waals surface area contributed by atoms with Gasteiger partial charge in [-0.2, -0.15) is 0 Å². The molecule has 1 saturated heterocycles. The number of ketones is 1. The molecule has 1 aliphatic rings. The zero-order valence-corrected chi connectivity index (χ0v) is 20.7. The maximum Gasteiger partial charge on any atom is 0.295 e. The molecule has 7 nitrogen and oxygen atoms in total. The van der Waals surface area contributed by atoms with Crippen LogP contribution in [0.1, 0.15) is 49.9 Å².